The number of rotatable bonds is 10. The molecule has 4 heterocycles. The minimum atomic E-state index is -0.900. The monoisotopic (exact) mass is 753 g/mol. The Morgan fingerprint density at radius 2 is 1.15 bits per heavy atom. The van der Waals surface area contributed by atoms with Crippen LogP contribution < -0.4 is 14.2 Å². The summed E-state index contributed by atoms with van der Waals surface area (Å²) in [6, 6.07) is 23.1. The first-order valence-electron chi connectivity index (χ1n) is 18.8. The Morgan fingerprint density at radius 3 is 1.69 bits per heavy atom. The Labute approximate surface area is 320 Å². The van der Waals surface area contributed by atoms with E-state index in [1.807, 2.05) is 12.1 Å². The predicted molar refractivity (Wildman–Crippen MR) is 206 cm³/mol. The predicted octanol–water partition coefficient (Wildman–Crippen LogP) is 7.38. The molecule has 0 atom stereocenters. The highest BCUT2D eigenvalue weighted by atomic mass is 19.1. The van der Waals surface area contributed by atoms with Crippen molar-refractivity contribution in [3.05, 3.63) is 136 Å². The van der Waals surface area contributed by atoms with E-state index in [9.17, 15) is 18.0 Å². The Bertz CT molecular complexity index is 2040. The molecule has 4 aromatic rings. The number of benzene rings is 4. The maximum absolute atomic E-state index is 13.8. The molecule has 0 aromatic heterocycles. The van der Waals surface area contributed by atoms with E-state index in [0.717, 1.165) is 103 Å². The summed E-state index contributed by atoms with van der Waals surface area (Å²) in [5.74, 6) is 0.272. The molecular weight excluding hydrogens is 707 g/mol. The minimum Gasteiger partial charge on any atom is -0.493 e. The summed E-state index contributed by atoms with van der Waals surface area (Å²) >= 11 is 0. The van der Waals surface area contributed by atoms with Gasteiger partial charge in [0, 0.05) is 50.4 Å². The van der Waals surface area contributed by atoms with Crippen molar-refractivity contribution in [1.29, 1.82) is 0 Å². The molecule has 0 aliphatic carbocycles. The second kappa shape index (κ2) is 17.6. The summed E-state index contributed by atoms with van der Waals surface area (Å²) in [4.78, 5) is 17.9. The van der Waals surface area contributed by atoms with Gasteiger partial charge >= 0.3 is 5.97 Å². The van der Waals surface area contributed by atoms with Crippen molar-refractivity contribution in [3.63, 3.8) is 0 Å². The third-order valence-electron chi connectivity index (χ3n) is 10.4. The summed E-state index contributed by atoms with van der Waals surface area (Å²) < 4.78 is 58.3. The van der Waals surface area contributed by atoms with E-state index in [1.54, 1.807) is 36.4 Å². The first-order valence-corrected chi connectivity index (χ1v) is 18.8. The number of nitrogens with zero attached hydrogens (tertiary/aromatic N) is 3. The van der Waals surface area contributed by atoms with Crippen molar-refractivity contribution in [3.8, 4) is 17.2 Å². The van der Waals surface area contributed by atoms with Crippen LogP contribution in [-0.4, -0.2) is 105 Å². The molecule has 8 nitrogen and oxygen atoms in total. The lowest BCUT2D eigenvalue weighted by atomic mass is 9.90. The Kier molecular flexibility index (Phi) is 12.2. The van der Waals surface area contributed by atoms with Gasteiger partial charge in [-0.15, -0.1) is 0 Å². The normalized spacial score (nSPS) is 17.5. The molecular formula is C44H46F3N3O5. The number of piperazine rings is 1. The van der Waals surface area contributed by atoms with Crippen molar-refractivity contribution < 1.29 is 37.3 Å². The number of hydrogen-bond acceptors (Lipinski definition) is 7. The van der Waals surface area contributed by atoms with Crippen LogP contribution in [0.3, 0.4) is 0 Å². The topological polar surface area (TPSA) is 74.7 Å². The minimum absolute atomic E-state index is 0.0666. The van der Waals surface area contributed by atoms with Crippen molar-refractivity contribution in [2.45, 2.75) is 19.3 Å². The van der Waals surface area contributed by atoms with E-state index in [-0.39, 0.29) is 30.5 Å². The standard InChI is InChI=1S/C24H27FN2O4.C20H19F2NO/c1-26-9-11-27(12-10-26)15-18-16-31-22-7-6-20(30-13-8-23(28)29)14-21(22)24(18)17-2-4-19(25)5-3-17;21-16-5-3-14(4-6-16)20-15(12-23-9-1-2-10-23)13-24-19-8-7-17(22)11-18(19)20/h2-7,14H,8-13,15-16H2,1H3,(H,28,29);3-8,11H,1-2,9-10,12-13H2. The number of carboxylic acids is 1. The lowest BCUT2D eigenvalue weighted by Gasteiger charge is -2.34. The molecule has 4 aromatic carbocycles. The second-order valence-electron chi connectivity index (χ2n) is 14.4. The average Bonchev–Trinajstić information content (AvgIpc) is 3.70. The van der Waals surface area contributed by atoms with E-state index < -0.39 is 5.97 Å². The second-order valence-corrected chi connectivity index (χ2v) is 14.4. The van der Waals surface area contributed by atoms with Crippen LogP contribution in [0.25, 0.3) is 11.1 Å². The highest BCUT2D eigenvalue weighted by Crippen LogP contribution is 2.41. The molecule has 0 spiro atoms. The van der Waals surface area contributed by atoms with Crippen LogP contribution >= 0.6 is 0 Å². The molecule has 0 bridgehead atoms. The van der Waals surface area contributed by atoms with E-state index in [4.69, 9.17) is 19.3 Å². The summed E-state index contributed by atoms with van der Waals surface area (Å²) in [5.41, 5.74) is 7.75. The summed E-state index contributed by atoms with van der Waals surface area (Å²) in [6.07, 6.45) is 2.36. The van der Waals surface area contributed by atoms with Crippen LogP contribution in [0, 0.1) is 17.5 Å². The van der Waals surface area contributed by atoms with Gasteiger partial charge in [0.25, 0.3) is 0 Å². The van der Waals surface area contributed by atoms with Crippen molar-refractivity contribution in [2.75, 3.05) is 79.2 Å². The van der Waals surface area contributed by atoms with Crippen LogP contribution in [-0.2, 0) is 4.79 Å². The molecule has 2 saturated heterocycles. The lowest BCUT2D eigenvalue weighted by Crippen LogP contribution is -2.45. The number of carboxylic acid groups (broad SMARTS) is 1. The van der Waals surface area contributed by atoms with Crippen LogP contribution in [0.4, 0.5) is 13.2 Å². The number of ether oxygens (including phenoxy) is 3. The van der Waals surface area contributed by atoms with Gasteiger partial charge in [0.1, 0.15) is 47.9 Å². The molecule has 4 aliphatic heterocycles. The lowest BCUT2D eigenvalue weighted by molar-refractivity contribution is -0.137. The third kappa shape index (κ3) is 9.59. The molecule has 2 fully saturated rings. The zero-order valence-corrected chi connectivity index (χ0v) is 31.0. The number of likely N-dealkylation sites (N-methyl/N-ethyl adjacent to an activating group) is 1. The van der Waals surface area contributed by atoms with Crippen molar-refractivity contribution in [1.82, 2.24) is 14.7 Å². The number of aliphatic carboxylic acids is 1. The molecule has 0 amide bonds. The maximum atomic E-state index is 13.8. The van der Waals surface area contributed by atoms with Gasteiger partial charge < -0.3 is 24.2 Å². The molecule has 288 valence electrons. The molecule has 1 N–H and O–H groups in total. The third-order valence-corrected chi connectivity index (χ3v) is 10.4. The number of likely N-dealkylation sites (tertiary alicyclic amines) is 1. The highest BCUT2D eigenvalue weighted by Gasteiger charge is 2.27. The van der Waals surface area contributed by atoms with Gasteiger partial charge in [0.15, 0.2) is 0 Å². The van der Waals surface area contributed by atoms with Crippen molar-refractivity contribution >= 4 is 17.1 Å². The average molecular weight is 754 g/mol. The van der Waals surface area contributed by atoms with Gasteiger partial charge in [-0.2, -0.15) is 0 Å². The van der Waals surface area contributed by atoms with Crippen molar-refractivity contribution in [2.24, 2.45) is 0 Å². The number of halogens is 3. The highest BCUT2D eigenvalue weighted by molar-refractivity contribution is 5.87. The quantitative estimate of drug-likeness (QED) is 0.180. The molecule has 0 saturated carbocycles. The smallest absolute Gasteiger partial charge is 0.306 e. The van der Waals surface area contributed by atoms with Crippen LogP contribution in [0.2, 0.25) is 0 Å². The number of fused-ring (bicyclic) bond motifs is 2. The molecule has 11 heteroatoms. The van der Waals surface area contributed by atoms with Gasteiger partial charge in [-0.3, -0.25) is 14.6 Å². The molecule has 55 heavy (non-hydrogen) atoms. The molecule has 0 unspecified atom stereocenters. The fourth-order valence-corrected chi connectivity index (χ4v) is 7.54. The zero-order chi connectivity index (χ0) is 38.3. The Balaban J connectivity index is 0.000000174. The fourth-order valence-electron chi connectivity index (χ4n) is 7.54. The van der Waals surface area contributed by atoms with Gasteiger partial charge in [-0.25, -0.2) is 13.2 Å². The first kappa shape index (κ1) is 38.2. The largest absolute Gasteiger partial charge is 0.493 e. The summed E-state index contributed by atoms with van der Waals surface area (Å²) in [7, 11) is 2.13. The van der Waals surface area contributed by atoms with Gasteiger partial charge in [-0.05, 0) is 127 Å². The van der Waals surface area contributed by atoms with Gasteiger partial charge in [0.05, 0.1) is 13.0 Å². The van der Waals surface area contributed by atoms with E-state index in [2.05, 4.69) is 21.7 Å². The van der Waals surface area contributed by atoms with Crippen LogP contribution in [0.5, 0.6) is 17.2 Å². The van der Waals surface area contributed by atoms with E-state index >= 15 is 0 Å². The summed E-state index contributed by atoms with van der Waals surface area (Å²) in [5, 5.41) is 8.86. The Morgan fingerprint density at radius 1 is 0.655 bits per heavy atom. The summed E-state index contributed by atoms with van der Waals surface area (Å²) in [6.45, 7) is 8.84. The maximum Gasteiger partial charge on any atom is 0.306 e. The molecule has 8 rings (SSSR count). The van der Waals surface area contributed by atoms with Crippen LogP contribution in [0.15, 0.2) is 96.1 Å². The fraction of sp³-hybridized carbons (Fsp3) is 0.341. The van der Waals surface area contributed by atoms with Gasteiger partial charge in [0.2, 0.25) is 0 Å². The molecule has 4 aliphatic rings. The van der Waals surface area contributed by atoms with E-state index in [1.165, 1.54) is 49.2 Å². The SMILES string of the molecule is CN1CCN(CC2=C(c3ccc(F)cc3)c3cc(OCCC(=O)O)ccc3OC2)CC1.Fc1ccc(C2=C(CN3CCCC3)COc3ccc(F)cc32)cc1. The van der Waals surface area contributed by atoms with Gasteiger partial charge in [-0.1, -0.05) is 24.3 Å². The van der Waals surface area contributed by atoms with Crippen LogP contribution in [0.1, 0.15) is 41.5 Å². The molecule has 0 radical (unpaired) electrons. The number of carbonyl (C=O) groups is 1. The first-order chi connectivity index (χ1) is 26.7. The number of hydrogen-bond donors (Lipinski definition) is 1. The Hall–Kier alpha value is -5.10. The van der Waals surface area contributed by atoms with E-state index in [0.29, 0.717) is 24.7 Å². The zero-order valence-electron chi connectivity index (χ0n) is 31.0.